The number of hydrogen-bond donors (Lipinski definition) is 1. The Bertz CT molecular complexity index is 37.3. The molecule has 0 saturated heterocycles. The summed E-state index contributed by atoms with van der Waals surface area (Å²) in [5.74, 6) is 0. The van der Waals surface area contributed by atoms with Gasteiger partial charge in [0.1, 0.15) is 0 Å². The van der Waals surface area contributed by atoms with Gasteiger partial charge in [-0.15, -0.1) is 0 Å². The van der Waals surface area contributed by atoms with Crippen LogP contribution in [0, 0.1) is 6.92 Å². The lowest BCUT2D eigenvalue weighted by Crippen LogP contribution is -2.10. The Morgan fingerprint density at radius 2 is 2.20 bits per heavy atom. The first-order chi connectivity index (χ1) is 2.56. The summed E-state index contributed by atoms with van der Waals surface area (Å²) in [4.78, 5) is 0. The van der Waals surface area contributed by atoms with E-state index in [-0.39, 0.29) is 0 Å². The lowest BCUT2D eigenvalue weighted by atomic mass is 10.2. The third kappa shape index (κ3) is 9510. The summed E-state index contributed by atoms with van der Waals surface area (Å²) in [6, 6.07) is 0. The SMILES string of the molecule is [2H]OC([CH2])(C)C. The zero-order valence-corrected chi connectivity index (χ0v) is 3.62. The topological polar surface area (TPSA) is 20.2 Å². The van der Waals surface area contributed by atoms with Crippen molar-refractivity contribution in [3.63, 3.8) is 0 Å². The molecule has 0 aromatic carbocycles. The summed E-state index contributed by atoms with van der Waals surface area (Å²) in [7, 11) is 0. The normalized spacial score (nSPS) is 14.6. The Balaban J connectivity index is 3.17. The van der Waals surface area contributed by atoms with Gasteiger partial charge < -0.3 is 5.11 Å². The van der Waals surface area contributed by atoms with Crippen LogP contribution in [-0.2, 0) is 0 Å². The molecule has 1 N–H and O–H groups in total. The van der Waals surface area contributed by atoms with Gasteiger partial charge in [0.15, 0.2) is 0 Å². The lowest BCUT2D eigenvalue weighted by molar-refractivity contribution is 0.130. The molecule has 0 spiro atoms. The van der Waals surface area contributed by atoms with E-state index in [2.05, 4.69) is 12.0 Å². The fourth-order valence-electron chi connectivity index (χ4n) is 0. The maximum Gasteiger partial charge on any atom is 0.211 e. The standard InChI is InChI=1S/C4H9O/c1-4(2,3)5/h5H,1H2,2-3H3/i5D. The third-order valence-electron chi connectivity index (χ3n) is 0. The van der Waals surface area contributed by atoms with E-state index in [0.29, 0.717) is 0 Å². The minimum Gasteiger partial charge on any atom is -0.390 e. The molecule has 0 heterocycles. The first kappa shape index (κ1) is 3.16. The molecule has 0 bridgehead atoms. The Morgan fingerprint density at radius 3 is 2.20 bits per heavy atom. The van der Waals surface area contributed by atoms with Gasteiger partial charge in [0.2, 0.25) is 1.43 Å². The molecule has 0 aromatic heterocycles. The first-order valence-electron chi connectivity index (χ1n) is 1.97. The van der Waals surface area contributed by atoms with Gasteiger partial charge in [-0.2, -0.15) is 0 Å². The van der Waals surface area contributed by atoms with Crippen molar-refractivity contribution in [2.45, 2.75) is 19.4 Å². The van der Waals surface area contributed by atoms with Crippen molar-refractivity contribution in [3.8, 4) is 0 Å². The number of hydrogen-bond acceptors (Lipinski definition) is 1. The molecule has 1 radical (unpaired) electrons. The van der Waals surface area contributed by atoms with Crippen LogP contribution < -0.4 is 0 Å². The van der Waals surface area contributed by atoms with Gasteiger partial charge in [-0.3, -0.25) is 0 Å². The Kier molecular flexibility index (Phi) is 0.618. The van der Waals surface area contributed by atoms with E-state index in [1.165, 1.54) is 0 Å². The van der Waals surface area contributed by atoms with Crippen LogP contribution in [0.25, 0.3) is 0 Å². The van der Waals surface area contributed by atoms with E-state index in [1.54, 1.807) is 13.8 Å². The van der Waals surface area contributed by atoms with E-state index in [4.69, 9.17) is 1.43 Å². The second kappa shape index (κ2) is 0.977. The zero-order chi connectivity index (χ0) is 5.21. The van der Waals surface area contributed by atoms with Crippen LogP contribution in [0.15, 0.2) is 0 Å². The van der Waals surface area contributed by atoms with Crippen molar-refractivity contribution in [2.24, 2.45) is 0 Å². The molecule has 0 fully saturated rings. The first-order valence-corrected chi connectivity index (χ1v) is 1.56. The van der Waals surface area contributed by atoms with Crippen molar-refractivity contribution in [1.82, 2.24) is 0 Å². The average Bonchev–Trinajstić information content (AvgIpc) is 1.35. The predicted molar refractivity (Wildman–Crippen MR) is 21.7 cm³/mol. The van der Waals surface area contributed by atoms with Crippen LogP contribution >= 0.6 is 0 Å². The van der Waals surface area contributed by atoms with Gasteiger partial charge in [0, 0.05) is 0 Å². The van der Waals surface area contributed by atoms with E-state index < -0.39 is 5.60 Å². The average molecular weight is 74.1 g/mol. The van der Waals surface area contributed by atoms with Crippen LogP contribution in [0.1, 0.15) is 13.8 Å². The second-order valence-electron chi connectivity index (χ2n) is 1.76. The molecule has 0 rings (SSSR count). The molecule has 0 saturated carbocycles. The predicted octanol–water partition coefficient (Wildman–Crippen LogP) is 0.591. The summed E-state index contributed by atoms with van der Waals surface area (Å²) in [6.45, 7) is 6.92. The molecular formula is C4H9O. The zero-order valence-electron chi connectivity index (χ0n) is 4.62. The molecule has 1 heteroatoms. The second-order valence-corrected chi connectivity index (χ2v) is 1.76. The highest BCUT2D eigenvalue weighted by Gasteiger charge is 1.98. The minimum atomic E-state index is -0.542. The van der Waals surface area contributed by atoms with E-state index in [1.807, 2.05) is 0 Å². The molecule has 0 aromatic rings. The highest BCUT2D eigenvalue weighted by atomic mass is 16.3. The van der Waals surface area contributed by atoms with Crippen molar-refractivity contribution in [3.05, 3.63) is 6.92 Å². The minimum absolute atomic E-state index is 0.542. The van der Waals surface area contributed by atoms with Gasteiger partial charge in [-0.25, -0.2) is 0 Å². The highest BCUT2D eigenvalue weighted by molar-refractivity contribution is 4.64. The molecule has 5 heavy (non-hydrogen) atoms. The summed E-state index contributed by atoms with van der Waals surface area (Å²) in [6.07, 6.45) is 0. The smallest absolute Gasteiger partial charge is 0.211 e. The summed E-state index contributed by atoms with van der Waals surface area (Å²) in [5.41, 5.74) is -0.542. The molecule has 31 valence electrons. The number of aliphatic hydroxyl groups is 1. The summed E-state index contributed by atoms with van der Waals surface area (Å²) >= 11 is 0. The van der Waals surface area contributed by atoms with E-state index in [0.717, 1.165) is 0 Å². The molecule has 0 aliphatic carbocycles. The van der Waals surface area contributed by atoms with Gasteiger partial charge in [0.05, 0.1) is 5.60 Å². The monoisotopic (exact) mass is 74.1 g/mol. The lowest BCUT2D eigenvalue weighted by Gasteiger charge is -2.04. The quantitative estimate of drug-likeness (QED) is 0.482. The van der Waals surface area contributed by atoms with Crippen molar-refractivity contribution < 1.29 is 5.11 Å². The third-order valence-corrected chi connectivity index (χ3v) is 0. The van der Waals surface area contributed by atoms with Crippen LogP contribution in [0.4, 0.5) is 0 Å². The molecular weight excluding hydrogens is 64.0 g/mol. The van der Waals surface area contributed by atoms with E-state index in [9.17, 15) is 0 Å². The van der Waals surface area contributed by atoms with E-state index >= 15 is 0 Å². The Morgan fingerprint density at radius 1 is 2.00 bits per heavy atom. The highest BCUT2D eigenvalue weighted by Crippen LogP contribution is 1.92. The number of rotatable bonds is 1. The molecule has 0 unspecified atom stereocenters. The maximum absolute atomic E-state index is 6.29. The Labute approximate surface area is 34.1 Å². The molecule has 0 aliphatic heterocycles. The van der Waals surface area contributed by atoms with Gasteiger partial charge in [-0.1, -0.05) is 0 Å². The fraction of sp³-hybridized carbons (Fsp3) is 0.750. The Hall–Kier alpha value is -0.0400. The van der Waals surface area contributed by atoms with Gasteiger partial charge in [0.25, 0.3) is 0 Å². The van der Waals surface area contributed by atoms with Crippen LogP contribution in [-0.4, -0.2) is 12.1 Å². The molecule has 0 amide bonds. The molecule has 0 atom stereocenters. The largest absolute Gasteiger partial charge is 0.390 e. The summed E-state index contributed by atoms with van der Waals surface area (Å²) < 4.78 is 6.29. The maximum atomic E-state index is 6.29. The van der Waals surface area contributed by atoms with Crippen molar-refractivity contribution in [1.29, 1.82) is 1.43 Å². The molecule has 1 nitrogen and oxygen atoms in total. The fourth-order valence-corrected chi connectivity index (χ4v) is 0. The molecule has 0 aliphatic rings. The van der Waals surface area contributed by atoms with Gasteiger partial charge in [-0.05, 0) is 20.8 Å². The van der Waals surface area contributed by atoms with Crippen LogP contribution in [0.3, 0.4) is 0 Å². The summed E-state index contributed by atoms with van der Waals surface area (Å²) in [5, 5.41) is 4.08. The van der Waals surface area contributed by atoms with Crippen molar-refractivity contribution >= 4 is 0 Å². The van der Waals surface area contributed by atoms with Gasteiger partial charge >= 0.3 is 0 Å². The van der Waals surface area contributed by atoms with Crippen molar-refractivity contribution in [2.75, 3.05) is 0 Å². The van der Waals surface area contributed by atoms with Crippen LogP contribution in [0.5, 0.6) is 0 Å². The van der Waals surface area contributed by atoms with Crippen LogP contribution in [0.2, 0.25) is 0 Å².